The fourth-order valence-electron chi connectivity index (χ4n) is 4.97. The third-order valence-electron chi connectivity index (χ3n) is 7.35. The highest BCUT2D eigenvalue weighted by Gasteiger charge is 2.43. The predicted octanol–water partition coefficient (Wildman–Crippen LogP) is 2.52. The summed E-state index contributed by atoms with van der Waals surface area (Å²) in [5.41, 5.74) is 0. The molecule has 1 aromatic carbocycles. The molecule has 3 amide bonds. The topological polar surface area (TPSA) is 106 Å². The van der Waals surface area contributed by atoms with Crippen molar-refractivity contribution in [2.75, 3.05) is 47.3 Å². The van der Waals surface area contributed by atoms with Gasteiger partial charge in [-0.3, -0.25) is 9.69 Å². The Balaban J connectivity index is 1.38. The number of sulfonamides is 1. The van der Waals surface area contributed by atoms with Crippen molar-refractivity contribution in [1.29, 1.82) is 0 Å². The van der Waals surface area contributed by atoms with E-state index >= 15 is 0 Å². The number of amides is 3. The molecule has 3 aliphatic rings. The maximum atomic E-state index is 13.6. The monoisotopic (exact) mass is 582 g/mol. The van der Waals surface area contributed by atoms with E-state index in [-0.39, 0.29) is 54.5 Å². The number of hydrogen-bond donors (Lipinski definition) is 0. The molecule has 4 heterocycles. The van der Waals surface area contributed by atoms with Crippen LogP contribution in [0.4, 0.5) is 4.79 Å². The molecule has 3 unspecified atom stereocenters. The van der Waals surface area contributed by atoms with Gasteiger partial charge in [-0.05, 0) is 44.0 Å². The third-order valence-corrected chi connectivity index (χ3v) is 11.0. The summed E-state index contributed by atoms with van der Waals surface area (Å²) in [5.74, 6) is 0.315. The van der Waals surface area contributed by atoms with Crippen LogP contribution in [0, 0.1) is 0 Å². The zero-order valence-corrected chi connectivity index (χ0v) is 24.1. The van der Waals surface area contributed by atoms with Gasteiger partial charge in [-0.1, -0.05) is 17.7 Å². The number of hydrazone groups is 1. The molecule has 0 N–H and O–H groups in total. The Hall–Kier alpha value is -2.45. The van der Waals surface area contributed by atoms with Gasteiger partial charge in [-0.2, -0.15) is 4.31 Å². The first-order valence-corrected chi connectivity index (χ1v) is 15.0. The molecule has 38 heavy (non-hydrogen) atoms. The van der Waals surface area contributed by atoms with Gasteiger partial charge in [-0.25, -0.2) is 18.2 Å². The molecular weight excluding hydrogens is 552 g/mol. The lowest BCUT2D eigenvalue weighted by atomic mass is 10.1. The second-order valence-electron chi connectivity index (χ2n) is 9.98. The van der Waals surface area contributed by atoms with Crippen molar-refractivity contribution in [3.05, 3.63) is 29.3 Å². The van der Waals surface area contributed by atoms with Crippen molar-refractivity contribution >= 4 is 60.9 Å². The van der Waals surface area contributed by atoms with Gasteiger partial charge in [0.1, 0.15) is 4.21 Å². The zero-order chi connectivity index (χ0) is 27.4. The number of rotatable bonds is 4. The summed E-state index contributed by atoms with van der Waals surface area (Å²) in [6.45, 7) is 2.60. The number of likely N-dealkylation sites (N-methyl/N-ethyl adjacent to an activating group) is 1. The van der Waals surface area contributed by atoms with Crippen LogP contribution in [0.5, 0.6) is 0 Å². The van der Waals surface area contributed by atoms with Gasteiger partial charge in [0.2, 0.25) is 11.8 Å². The van der Waals surface area contributed by atoms with Crippen molar-refractivity contribution in [3.63, 3.8) is 0 Å². The number of urea groups is 1. The Kier molecular flexibility index (Phi) is 7.33. The Morgan fingerprint density at radius 3 is 2.71 bits per heavy atom. The number of hydrogen-bond acceptors (Lipinski definition) is 8. The predicted molar refractivity (Wildman–Crippen MR) is 146 cm³/mol. The third kappa shape index (κ3) is 4.97. The standard InChI is InChI=1S/C24H31ClN6O5S2/c1-15-28(4)19-7-8-31(26-23(19)36-15)24(33)30-10-9-29(14-18(30)13-21(32)27(2)3)38(34,35)22-11-16-5-6-17(25)12-20(16)37-22/h5-6,11-12,15,18-19H,7-10,13-14H2,1-4H3. The summed E-state index contributed by atoms with van der Waals surface area (Å²) in [6, 6.07) is 5.93. The SMILES string of the molecule is CC1OC2=NN(C(=O)N3CCN(S(=O)(=O)c4cc5ccc(Cl)cc5s4)CC3CC(=O)N(C)C)CCC2N1C. The van der Waals surface area contributed by atoms with Gasteiger partial charge in [0.15, 0.2) is 6.23 Å². The van der Waals surface area contributed by atoms with Gasteiger partial charge >= 0.3 is 6.03 Å². The van der Waals surface area contributed by atoms with Crippen molar-refractivity contribution in [1.82, 2.24) is 24.0 Å². The number of fused-ring (bicyclic) bond motifs is 2. The number of piperazine rings is 1. The van der Waals surface area contributed by atoms with Crippen molar-refractivity contribution in [3.8, 4) is 0 Å². The number of nitrogens with zero attached hydrogens (tertiary/aromatic N) is 6. The molecule has 0 radical (unpaired) electrons. The summed E-state index contributed by atoms with van der Waals surface area (Å²) in [6.07, 6.45) is 0.547. The molecule has 206 valence electrons. The molecule has 0 bridgehead atoms. The minimum absolute atomic E-state index is 0.00388. The van der Waals surface area contributed by atoms with E-state index in [4.69, 9.17) is 16.3 Å². The van der Waals surface area contributed by atoms with Crippen LogP contribution >= 0.6 is 22.9 Å². The van der Waals surface area contributed by atoms with Crippen LogP contribution in [-0.2, 0) is 19.6 Å². The van der Waals surface area contributed by atoms with Crippen LogP contribution < -0.4 is 0 Å². The summed E-state index contributed by atoms with van der Waals surface area (Å²) in [7, 11) is 1.39. The second kappa shape index (κ2) is 10.3. The van der Waals surface area contributed by atoms with Gasteiger partial charge in [0.05, 0.1) is 12.1 Å². The molecule has 1 aromatic heterocycles. The van der Waals surface area contributed by atoms with Crippen molar-refractivity contribution in [2.45, 2.75) is 42.3 Å². The molecule has 11 nitrogen and oxygen atoms in total. The van der Waals surface area contributed by atoms with E-state index < -0.39 is 16.1 Å². The van der Waals surface area contributed by atoms with E-state index in [1.807, 2.05) is 14.0 Å². The summed E-state index contributed by atoms with van der Waals surface area (Å²) in [4.78, 5) is 31.4. The number of carbonyl (C=O) groups excluding carboxylic acids is 2. The normalized spacial score (nSPS) is 24.8. The molecule has 0 aliphatic carbocycles. The molecule has 14 heteroatoms. The van der Waals surface area contributed by atoms with Crippen molar-refractivity contribution in [2.24, 2.45) is 5.10 Å². The van der Waals surface area contributed by atoms with Crippen LogP contribution in [-0.4, -0.2) is 116 Å². The van der Waals surface area contributed by atoms with E-state index in [2.05, 4.69) is 10.0 Å². The minimum Gasteiger partial charge on any atom is -0.460 e. The van der Waals surface area contributed by atoms with Gasteiger partial charge in [-0.15, -0.1) is 16.4 Å². The molecular formula is C24H31ClN6O5S2. The molecule has 2 saturated heterocycles. The van der Waals surface area contributed by atoms with Crippen LogP contribution in [0.2, 0.25) is 5.02 Å². The average molecular weight is 583 g/mol. The van der Waals surface area contributed by atoms with Gasteiger partial charge < -0.3 is 14.5 Å². The first-order valence-electron chi connectivity index (χ1n) is 12.4. The maximum Gasteiger partial charge on any atom is 0.340 e. The minimum atomic E-state index is -3.84. The van der Waals surface area contributed by atoms with Gasteiger partial charge in [0.25, 0.3) is 10.0 Å². The van der Waals surface area contributed by atoms with Crippen LogP contribution in [0.15, 0.2) is 33.6 Å². The largest absolute Gasteiger partial charge is 0.460 e. The first-order chi connectivity index (χ1) is 18.0. The highest BCUT2D eigenvalue weighted by Crippen LogP contribution is 2.34. The average Bonchev–Trinajstić information content (AvgIpc) is 3.43. The summed E-state index contributed by atoms with van der Waals surface area (Å²) < 4.78 is 35.4. The van der Waals surface area contributed by atoms with E-state index in [9.17, 15) is 18.0 Å². The van der Waals surface area contributed by atoms with E-state index in [1.54, 1.807) is 43.3 Å². The Morgan fingerprint density at radius 2 is 1.97 bits per heavy atom. The first kappa shape index (κ1) is 27.1. The highest BCUT2D eigenvalue weighted by atomic mass is 35.5. The number of carbonyl (C=O) groups is 2. The zero-order valence-electron chi connectivity index (χ0n) is 21.7. The molecule has 3 atom stereocenters. The molecule has 0 saturated carbocycles. The van der Waals surface area contributed by atoms with E-state index in [0.29, 0.717) is 23.9 Å². The Labute approximate surface area is 231 Å². The van der Waals surface area contributed by atoms with Gasteiger partial charge in [0, 0.05) is 56.4 Å². The van der Waals surface area contributed by atoms with Crippen molar-refractivity contribution < 1.29 is 22.7 Å². The number of thiophene rings is 1. The smallest absolute Gasteiger partial charge is 0.340 e. The van der Waals surface area contributed by atoms with Crippen LogP contribution in [0.25, 0.3) is 10.1 Å². The summed E-state index contributed by atoms with van der Waals surface area (Å²) >= 11 is 7.25. The van der Waals surface area contributed by atoms with Crippen LogP contribution in [0.1, 0.15) is 19.8 Å². The molecule has 5 rings (SSSR count). The molecule has 0 spiro atoms. The molecule has 2 aromatic rings. The lowest BCUT2D eigenvalue weighted by Crippen LogP contribution is -2.60. The Bertz CT molecular complexity index is 1400. The fourth-order valence-corrected chi connectivity index (χ4v) is 8.27. The molecule has 2 fully saturated rings. The number of benzene rings is 1. The number of ether oxygens (including phenoxy) is 1. The number of halogens is 1. The second-order valence-corrected chi connectivity index (χ2v) is 13.7. The Morgan fingerprint density at radius 1 is 1.21 bits per heavy atom. The summed E-state index contributed by atoms with van der Waals surface area (Å²) in [5, 5.41) is 7.18. The fraction of sp³-hybridized carbons (Fsp3) is 0.542. The van der Waals surface area contributed by atoms with E-state index in [1.165, 1.54) is 14.2 Å². The lowest BCUT2D eigenvalue weighted by Gasteiger charge is -2.42. The van der Waals surface area contributed by atoms with E-state index in [0.717, 1.165) is 21.4 Å². The molecule has 3 aliphatic heterocycles. The lowest BCUT2D eigenvalue weighted by molar-refractivity contribution is -0.130. The quantitative estimate of drug-likeness (QED) is 0.548. The highest BCUT2D eigenvalue weighted by molar-refractivity contribution is 7.91. The van der Waals surface area contributed by atoms with Crippen LogP contribution in [0.3, 0.4) is 0 Å². The maximum absolute atomic E-state index is 13.6.